The van der Waals surface area contributed by atoms with Crippen molar-refractivity contribution in [3.63, 3.8) is 0 Å². The highest BCUT2D eigenvalue weighted by molar-refractivity contribution is 5.84. The molecule has 0 saturated carbocycles. The minimum atomic E-state index is -1.46. The van der Waals surface area contributed by atoms with Gasteiger partial charge >= 0.3 is 5.97 Å². The monoisotopic (exact) mass is 396 g/mol. The smallest absolute Gasteiger partial charge is 0.345 e. The molecule has 0 heterocycles. The molecule has 0 spiro atoms. The maximum absolute atomic E-state index is 12.4. The molecule has 3 nitrogen and oxygen atoms in total. The zero-order valence-corrected chi connectivity index (χ0v) is 17.8. The molecule has 3 heteroatoms. The lowest BCUT2D eigenvalue weighted by molar-refractivity contribution is -0.162. The van der Waals surface area contributed by atoms with Crippen molar-refractivity contribution in [2.45, 2.75) is 76.7 Å². The number of benzene rings is 2. The van der Waals surface area contributed by atoms with Crippen LogP contribution in [0.1, 0.15) is 82.3 Å². The van der Waals surface area contributed by atoms with E-state index in [1.54, 1.807) is 0 Å². The molecule has 2 aromatic rings. The van der Waals surface area contributed by atoms with Crippen molar-refractivity contribution in [1.82, 2.24) is 0 Å². The van der Waals surface area contributed by atoms with Crippen LogP contribution in [0.2, 0.25) is 0 Å². The van der Waals surface area contributed by atoms with Crippen LogP contribution in [-0.2, 0) is 15.1 Å². The minimum Gasteiger partial charge on any atom is -0.479 e. The van der Waals surface area contributed by atoms with E-state index in [-0.39, 0.29) is 0 Å². The molecule has 2 rings (SSSR count). The Balaban J connectivity index is 1.87. The third-order valence-corrected chi connectivity index (χ3v) is 5.48. The number of hydrogen-bond acceptors (Lipinski definition) is 2. The van der Waals surface area contributed by atoms with E-state index in [0.717, 1.165) is 12.8 Å². The average molecular weight is 397 g/mol. The maximum atomic E-state index is 12.4. The fraction of sp³-hybridized carbons (Fsp3) is 0.500. The Bertz CT molecular complexity index is 642. The van der Waals surface area contributed by atoms with Gasteiger partial charge in [-0.1, -0.05) is 125 Å². The van der Waals surface area contributed by atoms with E-state index < -0.39 is 11.6 Å². The Hall–Kier alpha value is -2.13. The Morgan fingerprint density at radius 2 is 1.14 bits per heavy atom. The van der Waals surface area contributed by atoms with Gasteiger partial charge in [-0.2, -0.15) is 0 Å². The summed E-state index contributed by atoms with van der Waals surface area (Å²) >= 11 is 0. The first kappa shape index (κ1) is 23.2. The summed E-state index contributed by atoms with van der Waals surface area (Å²) in [6, 6.07) is 18.6. The van der Waals surface area contributed by atoms with Crippen LogP contribution >= 0.6 is 0 Å². The molecule has 0 atom stereocenters. The molecule has 1 N–H and O–H groups in total. The first-order chi connectivity index (χ1) is 14.2. The maximum Gasteiger partial charge on any atom is 0.345 e. The summed E-state index contributed by atoms with van der Waals surface area (Å²) in [4.78, 5) is 12.4. The van der Waals surface area contributed by atoms with Gasteiger partial charge in [0.25, 0.3) is 0 Å². The molecular weight excluding hydrogens is 360 g/mol. The number of ether oxygens (including phenoxy) is 1. The van der Waals surface area contributed by atoms with Crippen molar-refractivity contribution in [2.24, 2.45) is 0 Å². The van der Waals surface area contributed by atoms with Gasteiger partial charge in [0.2, 0.25) is 5.60 Å². The van der Waals surface area contributed by atoms with E-state index in [2.05, 4.69) is 6.92 Å². The normalized spacial score (nSPS) is 11.5. The van der Waals surface area contributed by atoms with Crippen LogP contribution < -0.4 is 0 Å². The van der Waals surface area contributed by atoms with Gasteiger partial charge in [0, 0.05) is 6.61 Å². The van der Waals surface area contributed by atoms with Crippen LogP contribution in [0, 0.1) is 0 Å². The van der Waals surface area contributed by atoms with Gasteiger partial charge in [-0.05, 0) is 17.5 Å². The van der Waals surface area contributed by atoms with E-state index in [1.165, 1.54) is 51.4 Å². The summed E-state index contributed by atoms with van der Waals surface area (Å²) in [6.45, 7) is 2.68. The molecule has 0 fully saturated rings. The van der Waals surface area contributed by atoms with E-state index in [0.29, 0.717) is 17.7 Å². The lowest BCUT2D eigenvalue weighted by Gasteiger charge is -2.31. The number of carboxylic acid groups (broad SMARTS) is 1. The van der Waals surface area contributed by atoms with Gasteiger partial charge in [0.05, 0.1) is 0 Å². The van der Waals surface area contributed by atoms with E-state index >= 15 is 0 Å². The van der Waals surface area contributed by atoms with E-state index in [1.807, 2.05) is 60.7 Å². The van der Waals surface area contributed by atoms with Gasteiger partial charge < -0.3 is 9.84 Å². The Morgan fingerprint density at radius 1 is 0.724 bits per heavy atom. The van der Waals surface area contributed by atoms with Crippen molar-refractivity contribution >= 4 is 5.97 Å². The molecule has 0 radical (unpaired) electrons. The standard InChI is InChI=1S/C26H36O3/c1-2-3-4-5-6-7-8-9-10-17-22-29-26(25(27)28,23-18-13-11-14-19-23)24-20-15-12-16-21-24/h11-16,18-21H,2-10,17,22H2,1H3,(H,27,28). The lowest BCUT2D eigenvalue weighted by Crippen LogP contribution is -2.40. The molecule has 0 amide bonds. The molecule has 0 aliphatic heterocycles. The van der Waals surface area contributed by atoms with Crippen LogP contribution in [-0.4, -0.2) is 17.7 Å². The highest BCUT2D eigenvalue weighted by Crippen LogP contribution is 2.34. The topological polar surface area (TPSA) is 46.5 Å². The molecule has 0 unspecified atom stereocenters. The van der Waals surface area contributed by atoms with Crippen molar-refractivity contribution in [3.8, 4) is 0 Å². The van der Waals surface area contributed by atoms with Crippen molar-refractivity contribution in [3.05, 3.63) is 71.8 Å². The number of aliphatic carboxylic acids is 1. The van der Waals surface area contributed by atoms with Gasteiger partial charge in [0.1, 0.15) is 0 Å². The van der Waals surface area contributed by atoms with Gasteiger partial charge in [-0.15, -0.1) is 0 Å². The van der Waals surface area contributed by atoms with Gasteiger partial charge in [-0.25, -0.2) is 4.79 Å². The minimum absolute atomic E-state index is 0.437. The van der Waals surface area contributed by atoms with Crippen molar-refractivity contribution < 1.29 is 14.6 Å². The van der Waals surface area contributed by atoms with Crippen LogP contribution in [0.25, 0.3) is 0 Å². The van der Waals surface area contributed by atoms with E-state index in [9.17, 15) is 9.90 Å². The van der Waals surface area contributed by atoms with E-state index in [4.69, 9.17) is 4.74 Å². The fourth-order valence-corrected chi connectivity index (χ4v) is 3.80. The predicted octanol–water partition coefficient (Wildman–Crippen LogP) is 6.95. The molecule has 2 aromatic carbocycles. The fourth-order valence-electron chi connectivity index (χ4n) is 3.80. The van der Waals surface area contributed by atoms with Gasteiger partial charge in [0.15, 0.2) is 0 Å². The summed E-state index contributed by atoms with van der Waals surface area (Å²) in [5.74, 6) is -0.970. The second kappa shape index (κ2) is 13.2. The molecule has 0 aliphatic rings. The molecule has 29 heavy (non-hydrogen) atoms. The number of carboxylic acids is 1. The molecular formula is C26H36O3. The Labute approximate surface area is 176 Å². The first-order valence-electron chi connectivity index (χ1n) is 11.2. The largest absolute Gasteiger partial charge is 0.479 e. The summed E-state index contributed by atoms with van der Waals surface area (Å²) in [6.07, 6.45) is 12.4. The first-order valence-corrected chi connectivity index (χ1v) is 11.2. The summed E-state index contributed by atoms with van der Waals surface area (Å²) < 4.78 is 6.14. The molecule has 0 aliphatic carbocycles. The molecule has 0 bridgehead atoms. The van der Waals surface area contributed by atoms with Crippen LogP contribution in [0.4, 0.5) is 0 Å². The number of unbranched alkanes of at least 4 members (excludes halogenated alkanes) is 9. The summed E-state index contributed by atoms with van der Waals surface area (Å²) in [5, 5.41) is 10.2. The van der Waals surface area contributed by atoms with Crippen LogP contribution in [0.3, 0.4) is 0 Å². The van der Waals surface area contributed by atoms with Crippen molar-refractivity contribution in [1.29, 1.82) is 0 Å². The Kier molecular flexibility index (Phi) is 10.5. The quantitative estimate of drug-likeness (QED) is 0.331. The van der Waals surface area contributed by atoms with Gasteiger partial charge in [-0.3, -0.25) is 0 Å². The SMILES string of the molecule is CCCCCCCCCCCCOC(C(=O)O)(c1ccccc1)c1ccccc1. The number of carbonyl (C=O) groups is 1. The number of rotatable bonds is 15. The lowest BCUT2D eigenvalue weighted by atomic mass is 9.86. The molecule has 0 saturated heterocycles. The third kappa shape index (κ3) is 7.01. The number of hydrogen-bond donors (Lipinski definition) is 1. The van der Waals surface area contributed by atoms with Crippen LogP contribution in [0.5, 0.6) is 0 Å². The highest BCUT2D eigenvalue weighted by Gasteiger charge is 2.43. The average Bonchev–Trinajstić information content (AvgIpc) is 2.76. The molecule has 0 aromatic heterocycles. The summed E-state index contributed by atoms with van der Waals surface area (Å²) in [5.41, 5.74) is -0.140. The predicted molar refractivity (Wildman–Crippen MR) is 119 cm³/mol. The van der Waals surface area contributed by atoms with Crippen LogP contribution in [0.15, 0.2) is 60.7 Å². The third-order valence-electron chi connectivity index (χ3n) is 5.48. The second-order valence-corrected chi connectivity index (χ2v) is 7.75. The Morgan fingerprint density at radius 3 is 1.55 bits per heavy atom. The molecule has 158 valence electrons. The zero-order chi connectivity index (χ0) is 20.8. The summed E-state index contributed by atoms with van der Waals surface area (Å²) in [7, 11) is 0. The second-order valence-electron chi connectivity index (χ2n) is 7.75. The zero-order valence-electron chi connectivity index (χ0n) is 17.8. The highest BCUT2D eigenvalue weighted by atomic mass is 16.5. The van der Waals surface area contributed by atoms with Crippen molar-refractivity contribution in [2.75, 3.05) is 6.61 Å².